The van der Waals surface area contributed by atoms with Gasteiger partial charge in [0.05, 0.1) is 17.2 Å². The number of carbonyl (C=O) groups is 2. The van der Waals surface area contributed by atoms with Crippen LogP contribution in [0, 0.1) is 0 Å². The van der Waals surface area contributed by atoms with Gasteiger partial charge in [0, 0.05) is 34.6 Å². The maximum atomic E-state index is 14.5. The highest BCUT2D eigenvalue weighted by molar-refractivity contribution is 7.92. The number of nitrogens with zero attached hydrogens (tertiary/aromatic N) is 2. The van der Waals surface area contributed by atoms with Crippen molar-refractivity contribution in [3.8, 4) is 5.75 Å². The van der Waals surface area contributed by atoms with E-state index in [0.717, 1.165) is 9.87 Å². The molecule has 0 saturated carbocycles. The first-order chi connectivity index (χ1) is 22.0. The van der Waals surface area contributed by atoms with Gasteiger partial charge in [-0.25, -0.2) is 8.42 Å². The molecule has 0 bridgehead atoms. The minimum atomic E-state index is -4.28. The van der Waals surface area contributed by atoms with E-state index in [9.17, 15) is 18.0 Å². The van der Waals surface area contributed by atoms with Gasteiger partial charge in [-0.05, 0) is 85.6 Å². The van der Waals surface area contributed by atoms with E-state index in [0.29, 0.717) is 39.5 Å². The lowest BCUT2D eigenvalue weighted by Gasteiger charge is -2.34. The van der Waals surface area contributed by atoms with Gasteiger partial charge in [-0.1, -0.05) is 71.2 Å². The Labute approximate surface area is 284 Å². The van der Waals surface area contributed by atoms with Crippen molar-refractivity contribution in [1.29, 1.82) is 0 Å². The Morgan fingerprint density at radius 1 is 0.848 bits per heavy atom. The summed E-state index contributed by atoms with van der Waals surface area (Å²) in [5.41, 5.74) is 1.58. The van der Waals surface area contributed by atoms with Crippen LogP contribution in [0.2, 0.25) is 15.1 Å². The van der Waals surface area contributed by atoms with Gasteiger partial charge >= 0.3 is 0 Å². The van der Waals surface area contributed by atoms with E-state index in [-0.39, 0.29) is 23.5 Å². The second-order valence-electron chi connectivity index (χ2n) is 10.2. The molecule has 1 N–H and O–H groups in total. The van der Waals surface area contributed by atoms with Crippen molar-refractivity contribution in [2.24, 2.45) is 0 Å². The first-order valence-corrected chi connectivity index (χ1v) is 17.2. The molecular formula is C34H34Cl3N3O5S. The van der Waals surface area contributed by atoms with E-state index in [2.05, 4.69) is 5.32 Å². The number of nitrogens with one attached hydrogen (secondary N) is 1. The van der Waals surface area contributed by atoms with Crippen molar-refractivity contribution >= 4 is 62.3 Å². The topological polar surface area (TPSA) is 96.0 Å². The highest BCUT2D eigenvalue weighted by atomic mass is 35.5. The molecule has 0 saturated heterocycles. The molecule has 0 radical (unpaired) electrons. The van der Waals surface area contributed by atoms with Crippen molar-refractivity contribution in [3.63, 3.8) is 0 Å². The van der Waals surface area contributed by atoms with E-state index >= 15 is 0 Å². The molecule has 0 fully saturated rings. The summed E-state index contributed by atoms with van der Waals surface area (Å²) in [6.07, 6.45) is 0.177. The van der Waals surface area contributed by atoms with Crippen LogP contribution in [0.4, 0.5) is 5.69 Å². The minimum absolute atomic E-state index is 0.0598. The molecule has 2 amide bonds. The zero-order chi connectivity index (χ0) is 33.3. The molecule has 4 aromatic rings. The van der Waals surface area contributed by atoms with E-state index in [1.54, 1.807) is 49.4 Å². The lowest BCUT2D eigenvalue weighted by molar-refractivity contribution is -0.140. The number of hydrogen-bond acceptors (Lipinski definition) is 5. The summed E-state index contributed by atoms with van der Waals surface area (Å²) in [5, 5.41) is 3.90. The lowest BCUT2D eigenvalue weighted by Crippen LogP contribution is -2.53. The molecule has 0 heterocycles. The van der Waals surface area contributed by atoms with E-state index in [4.69, 9.17) is 39.5 Å². The van der Waals surface area contributed by atoms with E-state index < -0.39 is 34.4 Å². The zero-order valence-electron chi connectivity index (χ0n) is 25.3. The van der Waals surface area contributed by atoms with Crippen molar-refractivity contribution in [2.45, 2.75) is 37.8 Å². The molecule has 0 spiro atoms. The Bertz CT molecular complexity index is 1740. The standard InChI is InChI=1S/C34H34Cl3N3O5S/c1-3-38-34(42)32(20-24-8-6-5-7-9-24)39(22-25-10-11-27(36)21-31(25)37)33(41)23-40(28-14-16-29(17-15-28)45-4-2)46(43,44)30-18-12-26(35)13-19-30/h5-19,21,32H,3-4,20,22-23H2,1-2H3,(H,38,42)/t32-/m1/s1. The first-order valence-electron chi connectivity index (χ1n) is 14.6. The fourth-order valence-corrected chi connectivity index (χ4v) is 6.83. The van der Waals surface area contributed by atoms with Gasteiger partial charge in [0.1, 0.15) is 18.3 Å². The number of benzene rings is 4. The van der Waals surface area contributed by atoms with Crippen LogP contribution in [0.3, 0.4) is 0 Å². The Balaban J connectivity index is 1.81. The minimum Gasteiger partial charge on any atom is -0.494 e. The van der Waals surface area contributed by atoms with Crippen LogP contribution in [-0.4, -0.2) is 50.9 Å². The van der Waals surface area contributed by atoms with Gasteiger partial charge in [-0.3, -0.25) is 13.9 Å². The van der Waals surface area contributed by atoms with Gasteiger partial charge in [0.15, 0.2) is 0 Å². The molecule has 4 aromatic carbocycles. The molecule has 242 valence electrons. The maximum absolute atomic E-state index is 14.5. The van der Waals surface area contributed by atoms with Gasteiger partial charge in [-0.15, -0.1) is 0 Å². The van der Waals surface area contributed by atoms with Crippen LogP contribution < -0.4 is 14.4 Å². The molecule has 0 unspecified atom stereocenters. The van der Waals surface area contributed by atoms with Gasteiger partial charge in [0.2, 0.25) is 11.8 Å². The summed E-state index contributed by atoms with van der Waals surface area (Å²) in [6, 6.07) is 25.2. The highest BCUT2D eigenvalue weighted by Crippen LogP contribution is 2.29. The third-order valence-corrected chi connectivity index (χ3v) is 9.72. The average molecular weight is 703 g/mol. The van der Waals surface area contributed by atoms with E-state index in [1.165, 1.54) is 29.2 Å². The average Bonchev–Trinajstić information content (AvgIpc) is 3.03. The molecule has 46 heavy (non-hydrogen) atoms. The Kier molecular flexibility index (Phi) is 12.3. The number of anilines is 1. The molecule has 0 aliphatic heterocycles. The van der Waals surface area contributed by atoms with Crippen LogP contribution >= 0.6 is 34.8 Å². The largest absolute Gasteiger partial charge is 0.494 e. The summed E-state index contributed by atoms with van der Waals surface area (Å²) < 4.78 is 34.8. The zero-order valence-corrected chi connectivity index (χ0v) is 28.4. The first kappa shape index (κ1) is 35.1. The summed E-state index contributed by atoms with van der Waals surface area (Å²) in [7, 11) is -4.28. The van der Waals surface area contributed by atoms with Crippen LogP contribution in [0.5, 0.6) is 5.75 Å². The molecular weight excluding hydrogens is 669 g/mol. The van der Waals surface area contributed by atoms with E-state index in [1.807, 2.05) is 37.3 Å². The van der Waals surface area contributed by atoms with Gasteiger partial charge in [0.25, 0.3) is 10.0 Å². The molecule has 8 nitrogen and oxygen atoms in total. The Morgan fingerprint density at radius 3 is 2.11 bits per heavy atom. The van der Waals surface area contributed by atoms with Crippen molar-refractivity contribution in [3.05, 3.63) is 123 Å². The smallest absolute Gasteiger partial charge is 0.264 e. The van der Waals surface area contributed by atoms with Crippen LogP contribution in [0.1, 0.15) is 25.0 Å². The third-order valence-electron chi connectivity index (χ3n) is 7.09. The maximum Gasteiger partial charge on any atom is 0.264 e. The summed E-state index contributed by atoms with van der Waals surface area (Å²) in [6.45, 7) is 3.68. The second-order valence-corrected chi connectivity index (χ2v) is 13.4. The number of sulfonamides is 1. The predicted octanol–water partition coefficient (Wildman–Crippen LogP) is 7.02. The number of halogens is 3. The number of rotatable bonds is 14. The fraction of sp³-hybridized carbons (Fsp3) is 0.235. The van der Waals surface area contributed by atoms with Crippen molar-refractivity contribution < 1.29 is 22.7 Å². The normalized spacial score (nSPS) is 11.8. The van der Waals surface area contributed by atoms with Gasteiger partial charge < -0.3 is 15.0 Å². The predicted molar refractivity (Wildman–Crippen MR) is 183 cm³/mol. The molecule has 1 atom stereocenters. The number of likely N-dealkylation sites (N-methyl/N-ethyl adjacent to an activating group) is 1. The molecule has 12 heteroatoms. The molecule has 0 aromatic heterocycles. The lowest BCUT2D eigenvalue weighted by atomic mass is 10.0. The number of amides is 2. The van der Waals surface area contributed by atoms with Crippen LogP contribution in [0.25, 0.3) is 0 Å². The second kappa shape index (κ2) is 16.2. The van der Waals surface area contributed by atoms with Crippen molar-refractivity contribution in [2.75, 3.05) is 24.0 Å². The SMILES string of the molecule is CCNC(=O)[C@@H](Cc1ccccc1)N(Cc1ccc(Cl)cc1Cl)C(=O)CN(c1ccc(OCC)cc1)S(=O)(=O)c1ccc(Cl)cc1. The summed E-state index contributed by atoms with van der Waals surface area (Å²) >= 11 is 18.7. The monoisotopic (exact) mass is 701 g/mol. The Morgan fingerprint density at radius 2 is 1.50 bits per heavy atom. The molecule has 0 aliphatic rings. The number of carbonyl (C=O) groups excluding carboxylic acids is 2. The number of ether oxygens (including phenoxy) is 1. The molecule has 0 aliphatic carbocycles. The van der Waals surface area contributed by atoms with Crippen LogP contribution in [-0.2, 0) is 32.6 Å². The Hall–Kier alpha value is -3.76. The van der Waals surface area contributed by atoms with Crippen LogP contribution in [0.15, 0.2) is 102 Å². The number of hydrogen-bond donors (Lipinski definition) is 1. The fourth-order valence-electron chi connectivity index (χ4n) is 4.82. The van der Waals surface area contributed by atoms with Crippen molar-refractivity contribution in [1.82, 2.24) is 10.2 Å². The van der Waals surface area contributed by atoms with Gasteiger partial charge in [-0.2, -0.15) is 0 Å². The highest BCUT2D eigenvalue weighted by Gasteiger charge is 2.35. The quantitative estimate of drug-likeness (QED) is 0.153. The third kappa shape index (κ3) is 8.94. The molecule has 4 rings (SSSR count). The summed E-state index contributed by atoms with van der Waals surface area (Å²) in [5.74, 6) is -0.470. The summed E-state index contributed by atoms with van der Waals surface area (Å²) in [4.78, 5) is 29.4.